The summed E-state index contributed by atoms with van der Waals surface area (Å²) in [6.07, 6.45) is 0.145. The van der Waals surface area contributed by atoms with Gasteiger partial charge in [0.1, 0.15) is 0 Å². The number of ether oxygens (including phenoxy) is 1. The van der Waals surface area contributed by atoms with Crippen molar-refractivity contribution in [3.05, 3.63) is 71.8 Å². The minimum Gasteiger partial charge on any atom is -0.365 e. The summed E-state index contributed by atoms with van der Waals surface area (Å²) in [6.45, 7) is 1.70. The van der Waals surface area contributed by atoms with Crippen molar-refractivity contribution in [2.45, 2.75) is 31.0 Å². The molecular formula is C19H23O5P. The predicted molar refractivity (Wildman–Crippen MR) is 96.6 cm³/mol. The van der Waals surface area contributed by atoms with Gasteiger partial charge in [-0.25, -0.2) is 0 Å². The van der Waals surface area contributed by atoms with E-state index in [-0.39, 0.29) is 18.6 Å². The Morgan fingerprint density at radius 2 is 1.60 bits per heavy atom. The summed E-state index contributed by atoms with van der Waals surface area (Å²) in [7, 11) is -2.97. The number of carbonyl (C=O) groups is 1. The van der Waals surface area contributed by atoms with Gasteiger partial charge in [-0.1, -0.05) is 67.6 Å². The lowest BCUT2D eigenvalue weighted by atomic mass is 9.81. The Morgan fingerprint density at radius 3 is 2.04 bits per heavy atom. The van der Waals surface area contributed by atoms with Gasteiger partial charge in [0, 0.05) is 19.1 Å². The van der Waals surface area contributed by atoms with Crippen LogP contribution in [0.4, 0.5) is 0 Å². The average molecular weight is 362 g/mol. The molecule has 0 saturated carbocycles. The maximum Gasteiger partial charge on any atom is 0.328 e. The van der Waals surface area contributed by atoms with Gasteiger partial charge >= 0.3 is 7.60 Å². The Morgan fingerprint density at radius 1 is 1.08 bits per heavy atom. The van der Waals surface area contributed by atoms with Gasteiger partial charge < -0.3 is 14.5 Å². The van der Waals surface area contributed by atoms with Crippen LogP contribution in [0, 0.1) is 0 Å². The first-order valence-electron chi connectivity index (χ1n) is 8.11. The van der Waals surface area contributed by atoms with Crippen LogP contribution in [0.25, 0.3) is 0 Å². The summed E-state index contributed by atoms with van der Waals surface area (Å²) in [5.74, 6) is -0.311. The van der Waals surface area contributed by atoms with Crippen LogP contribution < -0.4 is 0 Å². The fraction of sp³-hybridized carbons (Fsp3) is 0.316. The first-order valence-corrected chi connectivity index (χ1v) is 9.79. The Labute approximate surface area is 147 Å². The van der Waals surface area contributed by atoms with E-state index in [1.807, 2.05) is 6.07 Å². The van der Waals surface area contributed by atoms with Crippen molar-refractivity contribution in [3.8, 4) is 0 Å². The number of hydrogen-bond donors (Lipinski definition) is 2. The normalized spacial score (nSPS) is 15.4. The Hall–Kier alpha value is -1.78. The standard InChI is InChI=1S/C19H23O5P/c1-3-17(25(21,22)23)14-19(24-2,16-12-8-5-9-13-16)18(20)15-10-6-4-7-11-15/h4-13,17H,3,14H2,1-2H3,(H2,21,22,23). The zero-order chi connectivity index (χ0) is 18.5. The number of benzene rings is 2. The van der Waals surface area contributed by atoms with Gasteiger partial charge in [0.2, 0.25) is 0 Å². The molecule has 2 aromatic rings. The molecule has 0 saturated heterocycles. The summed E-state index contributed by atoms with van der Waals surface area (Å²) < 4.78 is 17.5. The fourth-order valence-electron chi connectivity index (χ4n) is 3.00. The second-order valence-electron chi connectivity index (χ2n) is 5.95. The minimum absolute atomic E-state index is 0.0952. The largest absolute Gasteiger partial charge is 0.365 e. The summed E-state index contributed by atoms with van der Waals surface area (Å²) >= 11 is 0. The maximum atomic E-state index is 13.3. The molecule has 2 rings (SSSR count). The quantitative estimate of drug-likeness (QED) is 0.552. The van der Waals surface area contributed by atoms with Gasteiger partial charge in [-0.2, -0.15) is 0 Å². The highest BCUT2D eigenvalue weighted by Gasteiger charge is 2.46. The van der Waals surface area contributed by atoms with Gasteiger partial charge in [0.05, 0.1) is 5.66 Å². The van der Waals surface area contributed by atoms with E-state index in [1.165, 1.54) is 7.11 Å². The summed E-state index contributed by atoms with van der Waals surface area (Å²) in [6, 6.07) is 17.5. The number of rotatable bonds is 8. The predicted octanol–water partition coefficient (Wildman–Crippen LogP) is 3.76. The molecule has 2 unspecified atom stereocenters. The molecule has 2 N–H and O–H groups in total. The lowest BCUT2D eigenvalue weighted by Crippen LogP contribution is -2.41. The SMILES string of the molecule is CCC(CC(OC)(C(=O)c1ccccc1)c1ccccc1)P(=O)(O)O. The first kappa shape index (κ1) is 19.5. The Bertz CT molecular complexity index is 741. The molecule has 0 aliphatic heterocycles. The van der Waals surface area contributed by atoms with Crippen molar-refractivity contribution in [1.29, 1.82) is 0 Å². The molecule has 0 aromatic heterocycles. The number of hydrogen-bond acceptors (Lipinski definition) is 3. The molecule has 0 spiro atoms. The van der Waals surface area contributed by atoms with E-state index < -0.39 is 18.9 Å². The van der Waals surface area contributed by atoms with Crippen molar-refractivity contribution in [2.75, 3.05) is 7.11 Å². The molecule has 2 aromatic carbocycles. The highest BCUT2D eigenvalue weighted by molar-refractivity contribution is 7.52. The van der Waals surface area contributed by atoms with Gasteiger partial charge in [0.25, 0.3) is 0 Å². The van der Waals surface area contributed by atoms with E-state index in [1.54, 1.807) is 61.5 Å². The van der Waals surface area contributed by atoms with Crippen molar-refractivity contribution < 1.29 is 23.9 Å². The van der Waals surface area contributed by atoms with Crippen LogP contribution in [-0.2, 0) is 14.9 Å². The molecular weight excluding hydrogens is 339 g/mol. The first-order chi connectivity index (χ1) is 11.8. The van der Waals surface area contributed by atoms with E-state index in [0.717, 1.165) is 0 Å². The topological polar surface area (TPSA) is 83.8 Å². The molecule has 0 aliphatic carbocycles. The van der Waals surface area contributed by atoms with E-state index >= 15 is 0 Å². The van der Waals surface area contributed by atoms with E-state index in [2.05, 4.69) is 0 Å². The molecule has 134 valence electrons. The third-order valence-corrected chi connectivity index (χ3v) is 5.96. The molecule has 0 heterocycles. The highest BCUT2D eigenvalue weighted by Crippen LogP contribution is 2.49. The summed E-state index contributed by atoms with van der Waals surface area (Å²) in [5, 5.41) is 0. The highest BCUT2D eigenvalue weighted by atomic mass is 31.2. The third kappa shape index (κ3) is 4.25. The molecule has 6 heteroatoms. The molecule has 0 bridgehead atoms. The van der Waals surface area contributed by atoms with E-state index in [0.29, 0.717) is 11.1 Å². The second kappa shape index (κ2) is 8.07. The Balaban J connectivity index is 2.58. The molecule has 0 amide bonds. The number of ketones is 1. The van der Waals surface area contributed by atoms with Crippen LogP contribution in [0.5, 0.6) is 0 Å². The fourth-order valence-corrected chi connectivity index (χ4v) is 3.97. The summed E-state index contributed by atoms with van der Waals surface area (Å²) in [5.41, 5.74) is -1.41. The number of methoxy groups -OCH3 is 1. The molecule has 0 fully saturated rings. The van der Waals surface area contributed by atoms with E-state index in [9.17, 15) is 19.1 Å². The summed E-state index contributed by atoms with van der Waals surface area (Å²) in [4.78, 5) is 32.7. The Kier molecular flexibility index (Phi) is 6.31. The molecule has 5 nitrogen and oxygen atoms in total. The monoisotopic (exact) mass is 362 g/mol. The smallest absolute Gasteiger partial charge is 0.328 e. The molecule has 2 atom stereocenters. The molecule has 0 aliphatic rings. The van der Waals surface area contributed by atoms with Gasteiger partial charge in [-0.15, -0.1) is 0 Å². The van der Waals surface area contributed by atoms with Crippen LogP contribution in [-0.4, -0.2) is 28.3 Å². The zero-order valence-electron chi connectivity index (χ0n) is 14.3. The van der Waals surface area contributed by atoms with Crippen LogP contribution >= 0.6 is 7.60 Å². The third-order valence-electron chi connectivity index (χ3n) is 4.46. The van der Waals surface area contributed by atoms with Crippen molar-refractivity contribution in [2.24, 2.45) is 0 Å². The van der Waals surface area contributed by atoms with Crippen molar-refractivity contribution >= 4 is 13.4 Å². The lowest BCUT2D eigenvalue weighted by molar-refractivity contribution is -0.00791. The van der Waals surface area contributed by atoms with Gasteiger partial charge in [0.15, 0.2) is 11.4 Å². The van der Waals surface area contributed by atoms with E-state index in [4.69, 9.17) is 4.74 Å². The average Bonchev–Trinajstić information content (AvgIpc) is 2.63. The van der Waals surface area contributed by atoms with Gasteiger partial charge in [-0.3, -0.25) is 9.36 Å². The number of carbonyl (C=O) groups excluding carboxylic acids is 1. The second-order valence-corrected chi connectivity index (χ2v) is 7.86. The van der Waals surface area contributed by atoms with Crippen molar-refractivity contribution in [1.82, 2.24) is 0 Å². The van der Waals surface area contributed by atoms with Crippen LogP contribution in [0.3, 0.4) is 0 Å². The van der Waals surface area contributed by atoms with Crippen LogP contribution in [0.15, 0.2) is 60.7 Å². The van der Waals surface area contributed by atoms with Crippen molar-refractivity contribution in [3.63, 3.8) is 0 Å². The van der Waals surface area contributed by atoms with Crippen LogP contribution in [0.2, 0.25) is 0 Å². The molecule has 0 radical (unpaired) electrons. The molecule has 25 heavy (non-hydrogen) atoms. The van der Waals surface area contributed by atoms with Gasteiger partial charge in [-0.05, 0) is 12.0 Å². The zero-order valence-corrected chi connectivity index (χ0v) is 15.2. The minimum atomic E-state index is -4.37. The maximum absolute atomic E-state index is 13.3. The lowest BCUT2D eigenvalue weighted by Gasteiger charge is -2.35. The number of Topliss-reactive ketones (excluding diaryl/α,β-unsaturated/α-hetero) is 1. The van der Waals surface area contributed by atoms with Crippen LogP contribution in [0.1, 0.15) is 35.7 Å².